The molecule has 1 heterocycles. The summed E-state index contributed by atoms with van der Waals surface area (Å²) in [6.45, 7) is 9.20. The molecule has 0 aliphatic carbocycles. The molecule has 1 atom stereocenters. The van der Waals surface area contributed by atoms with Gasteiger partial charge in [-0.3, -0.25) is 4.99 Å². The van der Waals surface area contributed by atoms with Crippen molar-refractivity contribution in [3.63, 3.8) is 0 Å². The molecule has 0 amide bonds. The molecule has 1 N–H and O–H groups in total. The molecule has 22 heavy (non-hydrogen) atoms. The molecular formula is C15H31N3O2S2. The standard InChI is InChI=1S/C15H31N3O2S2/c1-6-13-11-18(8-9-21-13)14(16-4)17-12-15(2,3)7-10-22(5,19)20/h13H,6-12H2,1-5H3,(H,16,17). The molecule has 0 radical (unpaired) electrons. The summed E-state index contributed by atoms with van der Waals surface area (Å²) in [6.07, 6.45) is 3.13. The Balaban J connectivity index is 2.52. The molecule has 0 aromatic heterocycles. The first-order valence-corrected chi connectivity index (χ1v) is 11.0. The van der Waals surface area contributed by atoms with E-state index in [2.05, 4.69) is 36.0 Å². The van der Waals surface area contributed by atoms with Crippen LogP contribution in [0.5, 0.6) is 0 Å². The Labute approximate surface area is 140 Å². The predicted octanol–water partition coefficient (Wildman–Crippen LogP) is 1.85. The van der Waals surface area contributed by atoms with E-state index in [0.717, 1.165) is 31.3 Å². The normalized spacial score (nSPS) is 21.0. The van der Waals surface area contributed by atoms with Gasteiger partial charge in [-0.25, -0.2) is 8.42 Å². The van der Waals surface area contributed by atoms with Crippen LogP contribution in [-0.2, 0) is 9.84 Å². The molecule has 1 aliphatic rings. The molecule has 130 valence electrons. The summed E-state index contributed by atoms with van der Waals surface area (Å²) >= 11 is 2.04. The van der Waals surface area contributed by atoms with E-state index < -0.39 is 9.84 Å². The van der Waals surface area contributed by atoms with Crippen molar-refractivity contribution in [3.8, 4) is 0 Å². The lowest BCUT2D eigenvalue weighted by atomic mass is 9.90. The van der Waals surface area contributed by atoms with E-state index in [1.54, 1.807) is 0 Å². The largest absolute Gasteiger partial charge is 0.356 e. The lowest BCUT2D eigenvalue weighted by molar-refractivity contribution is 0.334. The van der Waals surface area contributed by atoms with Crippen LogP contribution in [0.2, 0.25) is 0 Å². The molecule has 0 bridgehead atoms. The molecule has 1 aliphatic heterocycles. The third kappa shape index (κ3) is 7.22. The zero-order valence-electron chi connectivity index (χ0n) is 14.6. The lowest BCUT2D eigenvalue weighted by Gasteiger charge is -2.35. The first kappa shape index (κ1) is 19.6. The fourth-order valence-electron chi connectivity index (χ4n) is 2.36. The summed E-state index contributed by atoms with van der Waals surface area (Å²) < 4.78 is 22.7. The van der Waals surface area contributed by atoms with E-state index in [4.69, 9.17) is 0 Å². The van der Waals surface area contributed by atoms with E-state index in [0.29, 0.717) is 11.7 Å². The highest BCUT2D eigenvalue weighted by atomic mass is 32.2. The molecule has 1 fully saturated rings. The lowest BCUT2D eigenvalue weighted by Crippen LogP contribution is -2.49. The van der Waals surface area contributed by atoms with Gasteiger partial charge in [-0.15, -0.1) is 0 Å². The van der Waals surface area contributed by atoms with E-state index in [1.165, 1.54) is 12.7 Å². The van der Waals surface area contributed by atoms with Gasteiger partial charge in [0, 0.05) is 43.9 Å². The summed E-state index contributed by atoms with van der Waals surface area (Å²) in [5, 5.41) is 4.10. The summed E-state index contributed by atoms with van der Waals surface area (Å²) in [6, 6.07) is 0. The molecule has 0 saturated carbocycles. The van der Waals surface area contributed by atoms with Gasteiger partial charge in [-0.05, 0) is 18.3 Å². The number of hydrogen-bond acceptors (Lipinski definition) is 4. The summed E-state index contributed by atoms with van der Waals surface area (Å²) in [5.41, 5.74) is -0.0757. The van der Waals surface area contributed by atoms with Crippen LogP contribution in [0.25, 0.3) is 0 Å². The number of guanidine groups is 1. The second kappa shape index (κ2) is 8.43. The van der Waals surface area contributed by atoms with Crippen molar-refractivity contribution in [2.45, 2.75) is 38.9 Å². The Morgan fingerprint density at radius 3 is 2.68 bits per heavy atom. The van der Waals surface area contributed by atoms with Crippen molar-refractivity contribution < 1.29 is 8.42 Å². The molecule has 1 unspecified atom stereocenters. The Hall–Kier alpha value is -0.430. The molecule has 1 rings (SSSR count). The Bertz CT molecular complexity index is 475. The van der Waals surface area contributed by atoms with Gasteiger partial charge >= 0.3 is 0 Å². The van der Waals surface area contributed by atoms with Crippen LogP contribution in [-0.4, -0.2) is 69.0 Å². The number of thioether (sulfide) groups is 1. The van der Waals surface area contributed by atoms with Crippen molar-refractivity contribution in [2.24, 2.45) is 10.4 Å². The SMILES string of the molecule is CCC1CN(C(=NC)NCC(C)(C)CCS(C)(=O)=O)CCS1. The monoisotopic (exact) mass is 349 g/mol. The summed E-state index contributed by atoms with van der Waals surface area (Å²) in [4.78, 5) is 6.71. The second-order valence-corrected chi connectivity index (χ2v) is 10.5. The highest BCUT2D eigenvalue weighted by Gasteiger charge is 2.24. The number of nitrogens with one attached hydrogen (secondary N) is 1. The number of sulfone groups is 1. The molecule has 5 nitrogen and oxygen atoms in total. The molecule has 0 aromatic rings. The van der Waals surface area contributed by atoms with Gasteiger partial charge in [-0.2, -0.15) is 11.8 Å². The number of rotatable bonds is 6. The maximum Gasteiger partial charge on any atom is 0.193 e. The van der Waals surface area contributed by atoms with E-state index in [-0.39, 0.29) is 11.2 Å². The molecular weight excluding hydrogens is 318 g/mol. The highest BCUT2D eigenvalue weighted by molar-refractivity contribution is 8.00. The summed E-state index contributed by atoms with van der Waals surface area (Å²) in [5.74, 6) is 2.31. The first-order chi connectivity index (χ1) is 10.2. The highest BCUT2D eigenvalue weighted by Crippen LogP contribution is 2.22. The fraction of sp³-hybridized carbons (Fsp3) is 0.933. The molecule has 7 heteroatoms. The smallest absolute Gasteiger partial charge is 0.193 e. The average molecular weight is 350 g/mol. The Kier molecular flexibility index (Phi) is 7.52. The van der Waals surface area contributed by atoms with Crippen molar-refractivity contribution >= 4 is 27.6 Å². The average Bonchev–Trinajstić information content (AvgIpc) is 2.45. The van der Waals surface area contributed by atoms with Crippen molar-refractivity contribution in [1.29, 1.82) is 0 Å². The minimum absolute atomic E-state index is 0.0757. The number of hydrogen-bond donors (Lipinski definition) is 1. The Morgan fingerprint density at radius 1 is 1.45 bits per heavy atom. The van der Waals surface area contributed by atoms with Gasteiger partial charge in [-0.1, -0.05) is 20.8 Å². The van der Waals surface area contributed by atoms with Crippen molar-refractivity contribution in [1.82, 2.24) is 10.2 Å². The van der Waals surface area contributed by atoms with Crippen LogP contribution in [0.1, 0.15) is 33.6 Å². The minimum atomic E-state index is -2.90. The van der Waals surface area contributed by atoms with Crippen LogP contribution >= 0.6 is 11.8 Å². The van der Waals surface area contributed by atoms with E-state index in [1.807, 2.05) is 18.8 Å². The first-order valence-electron chi connectivity index (χ1n) is 7.92. The van der Waals surface area contributed by atoms with Gasteiger partial charge in [0.2, 0.25) is 0 Å². The number of aliphatic imine (C=N–C) groups is 1. The molecule has 0 spiro atoms. The fourth-order valence-corrected chi connectivity index (χ4v) is 4.46. The molecule has 0 aromatic carbocycles. The summed E-state index contributed by atoms with van der Waals surface area (Å²) in [7, 11) is -1.09. The maximum atomic E-state index is 11.3. The van der Waals surface area contributed by atoms with Gasteiger partial charge in [0.1, 0.15) is 9.84 Å². The van der Waals surface area contributed by atoms with Crippen LogP contribution < -0.4 is 5.32 Å². The van der Waals surface area contributed by atoms with Gasteiger partial charge < -0.3 is 10.2 Å². The quantitative estimate of drug-likeness (QED) is 0.586. The second-order valence-electron chi connectivity index (χ2n) is 6.79. The van der Waals surface area contributed by atoms with E-state index in [9.17, 15) is 8.42 Å². The van der Waals surface area contributed by atoms with Crippen LogP contribution in [0, 0.1) is 5.41 Å². The predicted molar refractivity (Wildman–Crippen MR) is 97.6 cm³/mol. The Morgan fingerprint density at radius 2 is 2.14 bits per heavy atom. The number of nitrogens with zero attached hydrogens (tertiary/aromatic N) is 2. The third-order valence-corrected chi connectivity index (χ3v) is 6.30. The van der Waals surface area contributed by atoms with Gasteiger partial charge in [0.15, 0.2) is 5.96 Å². The van der Waals surface area contributed by atoms with E-state index >= 15 is 0 Å². The van der Waals surface area contributed by atoms with Crippen LogP contribution in [0.3, 0.4) is 0 Å². The van der Waals surface area contributed by atoms with Gasteiger partial charge in [0.05, 0.1) is 5.75 Å². The van der Waals surface area contributed by atoms with Crippen molar-refractivity contribution in [3.05, 3.63) is 0 Å². The van der Waals surface area contributed by atoms with Gasteiger partial charge in [0.25, 0.3) is 0 Å². The minimum Gasteiger partial charge on any atom is -0.356 e. The topological polar surface area (TPSA) is 61.8 Å². The zero-order chi connectivity index (χ0) is 16.8. The van der Waals surface area contributed by atoms with Crippen LogP contribution in [0.15, 0.2) is 4.99 Å². The maximum absolute atomic E-state index is 11.3. The van der Waals surface area contributed by atoms with Crippen LogP contribution in [0.4, 0.5) is 0 Å². The molecule has 1 saturated heterocycles. The third-order valence-electron chi connectivity index (χ3n) is 3.98. The van der Waals surface area contributed by atoms with Crippen molar-refractivity contribution in [2.75, 3.05) is 44.4 Å². The zero-order valence-corrected chi connectivity index (χ0v) is 16.2.